The minimum Gasteiger partial charge on any atom is -0.339 e. The lowest BCUT2D eigenvalue weighted by Crippen LogP contribution is -2.50. The van der Waals surface area contributed by atoms with Gasteiger partial charge in [0.2, 0.25) is 0 Å². The van der Waals surface area contributed by atoms with Crippen molar-refractivity contribution < 1.29 is 14.8 Å². The van der Waals surface area contributed by atoms with Gasteiger partial charge in [0.1, 0.15) is 6.04 Å². The van der Waals surface area contributed by atoms with Crippen molar-refractivity contribution in [3.63, 3.8) is 0 Å². The number of carbonyl (C=O) groups excluding carboxylic acids is 2. The molecular weight excluding hydrogens is 416 g/mol. The van der Waals surface area contributed by atoms with Gasteiger partial charge in [0.15, 0.2) is 0 Å². The molecule has 176 valence electrons. The minimum absolute atomic E-state index is 0.114. The highest BCUT2D eigenvalue weighted by molar-refractivity contribution is 5.97. The molecule has 0 aliphatic heterocycles. The van der Waals surface area contributed by atoms with Crippen molar-refractivity contribution >= 4 is 11.8 Å². The molecule has 3 aliphatic rings. The number of carbonyl (C=O) groups is 2. The quantitative estimate of drug-likeness (QED) is 0.298. The number of hydroxylamine groups is 1. The van der Waals surface area contributed by atoms with Crippen LogP contribution in [-0.2, 0) is 11.3 Å². The summed E-state index contributed by atoms with van der Waals surface area (Å²) in [5.41, 5.74) is 11.3. The van der Waals surface area contributed by atoms with E-state index < -0.39 is 17.9 Å². The molecule has 0 radical (unpaired) electrons. The normalized spacial score (nSPS) is 23.5. The Morgan fingerprint density at radius 3 is 2.21 bits per heavy atom. The molecule has 5 rings (SSSR count). The maximum absolute atomic E-state index is 12.3. The van der Waals surface area contributed by atoms with Gasteiger partial charge in [-0.05, 0) is 71.4 Å². The molecule has 33 heavy (non-hydrogen) atoms. The van der Waals surface area contributed by atoms with E-state index in [0.717, 1.165) is 42.0 Å². The van der Waals surface area contributed by atoms with Crippen LogP contribution in [0.25, 0.3) is 11.1 Å². The standard InChI is InChI=1S/C26H34N4O3/c1-26(2)21-11-20(22(26)12-21)15-28-14-16-3-5-17(6-4-16)18-7-9-19(10-8-18)24(31)29-23(13-27)25(32)30-33/h3-10,20-23,28,33H,11-15,27H2,1-2H3,(H,29,31)(H,30,32)/t20-,21-,22-,23-/m0/s1. The monoisotopic (exact) mass is 450 g/mol. The van der Waals surface area contributed by atoms with Crippen molar-refractivity contribution in [3.05, 3.63) is 59.7 Å². The predicted molar refractivity (Wildman–Crippen MR) is 127 cm³/mol. The molecular formula is C26H34N4O3. The van der Waals surface area contributed by atoms with E-state index in [0.29, 0.717) is 11.0 Å². The van der Waals surface area contributed by atoms with Gasteiger partial charge in [-0.3, -0.25) is 14.8 Å². The Morgan fingerprint density at radius 2 is 1.70 bits per heavy atom. The lowest BCUT2D eigenvalue weighted by molar-refractivity contribution is -0.130. The Kier molecular flexibility index (Phi) is 6.83. The summed E-state index contributed by atoms with van der Waals surface area (Å²) in [5, 5.41) is 14.9. The summed E-state index contributed by atoms with van der Waals surface area (Å²) in [6.07, 6.45) is 2.79. The van der Waals surface area contributed by atoms with E-state index in [1.165, 1.54) is 23.9 Å². The fraction of sp³-hybridized carbons (Fsp3) is 0.462. The van der Waals surface area contributed by atoms with Crippen LogP contribution in [0.3, 0.4) is 0 Å². The van der Waals surface area contributed by atoms with E-state index in [4.69, 9.17) is 10.9 Å². The Morgan fingerprint density at radius 1 is 1.06 bits per heavy atom. The van der Waals surface area contributed by atoms with E-state index in [1.807, 2.05) is 12.1 Å². The van der Waals surface area contributed by atoms with E-state index >= 15 is 0 Å². The molecule has 3 aliphatic carbocycles. The van der Waals surface area contributed by atoms with Crippen LogP contribution in [0.5, 0.6) is 0 Å². The molecule has 0 spiro atoms. The van der Waals surface area contributed by atoms with Crippen LogP contribution in [0, 0.1) is 23.2 Å². The third kappa shape index (κ3) is 4.81. The van der Waals surface area contributed by atoms with E-state index in [2.05, 4.69) is 48.7 Å². The van der Waals surface area contributed by atoms with Crippen LogP contribution < -0.4 is 21.8 Å². The summed E-state index contributed by atoms with van der Waals surface area (Å²) >= 11 is 0. The fourth-order valence-corrected chi connectivity index (χ4v) is 5.59. The summed E-state index contributed by atoms with van der Waals surface area (Å²) in [5.74, 6) is 1.45. The van der Waals surface area contributed by atoms with Crippen molar-refractivity contribution in [2.75, 3.05) is 13.1 Å². The van der Waals surface area contributed by atoms with E-state index in [1.54, 1.807) is 12.1 Å². The number of hydrogen-bond acceptors (Lipinski definition) is 5. The molecule has 2 amide bonds. The molecule has 0 heterocycles. The smallest absolute Gasteiger partial charge is 0.267 e. The van der Waals surface area contributed by atoms with Crippen LogP contribution in [0.1, 0.15) is 42.6 Å². The molecule has 0 saturated heterocycles. The second-order valence-electron chi connectivity index (χ2n) is 10.00. The number of rotatable bonds is 9. The molecule has 2 aromatic carbocycles. The summed E-state index contributed by atoms with van der Waals surface area (Å²) in [6, 6.07) is 14.6. The van der Waals surface area contributed by atoms with Crippen LogP contribution in [0.4, 0.5) is 0 Å². The lowest BCUT2D eigenvalue weighted by Gasteiger charge is -2.45. The second-order valence-corrected chi connectivity index (χ2v) is 10.00. The zero-order chi connectivity index (χ0) is 23.6. The second kappa shape index (κ2) is 9.63. The molecule has 6 N–H and O–H groups in total. The molecule has 2 bridgehead atoms. The summed E-state index contributed by atoms with van der Waals surface area (Å²) in [7, 11) is 0. The van der Waals surface area contributed by atoms with Crippen molar-refractivity contribution in [2.45, 2.75) is 39.3 Å². The number of hydrogen-bond donors (Lipinski definition) is 5. The molecule has 0 aromatic heterocycles. The predicted octanol–water partition coefficient (Wildman–Crippen LogP) is 2.69. The third-order valence-corrected chi connectivity index (χ3v) is 7.84. The van der Waals surface area contributed by atoms with Crippen LogP contribution in [-0.4, -0.2) is 36.2 Å². The Bertz CT molecular complexity index is 988. The molecule has 2 aromatic rings. The molecule has 7 heteroatoms. The summed E-state index contributed by atoms with van der Waals surface area (Å²) in [6.45, 7) is 6.71. The summed E-state index contributed by atoms with van der Waals surface area (Å²) < 4.78 is 0. The van der Waals surface area contributed by atoms with Crippen LogP contribution >= 0.6 is 0 Å². The van der Waals surface area contributed by atoms with Gasteiger partial charge in [-0.1, -0.05) is 50.2 Å². The third-order valence-electron chi connectivity index (χ3n) is 7.84. The first-order valence-electron chi connectivity index (χ1n) is 11.7. The minimum atomic E-state index is -0.991. The van der Waals surface area contributed by atoms with Crippen molar-refractivity contribution in [2.24, 2.45) is 28.9 Å². The average molecular weight is 451 g/mol. The van der Waals surface area contributed by atoms with Gasteiger partial charge in [-0.25, -0.2) is 5.48 Å². The first kappa shape index (κ1) is 23.4. The number of amides is 2. The van der Waals surface area contributed by atoms with Crippen molar-refractivity contribution in [1.82, 2.24) is 16.1 Å². The molecule has 3 saturated carbocycles. The molecule has 4 atom stereocenters. The first-order chi connectivity index (χ1) is 15.8. The zero-order valence-corrected chi connectivity index (χ0v) is 19.3. The number of fused-ring (bicyclic) bond motifs is 1. The highest BCUT2D eigenvalue weighted by atomic mass is 16.5. The van der Waals surface area contributed by atoms with Gasteiger partial charge >= 0.3 is 0 Å². The fourth-order valence-electron chi connectivity index (χ4n) is 5.59. The van der Waals surface area contributed by atoms with Gasteiger partial charge in [-0.2, -0.15) is 0 Å². The number of nitrogens with one attached hydrogen (secondary N) is 3. The molecule has 7 nitrogen and oxygen atoms in total. The Balaban J connectivity index is 1.29. The summed E-state index contributed by atoms with van der Waals surface area (Å²) in [4.78, 5) is 23.8. The van der Waals surface area contributed by atoms with Crippen molar-refractivity contribution in [1.29, 1.82) is 0 Å². The van der Waals surface area contributed by atoms with Gasteiger partial charge in [0, 0.05) is 18.7 Å². The topological polar surface area (TPSA) is 116 Å². The maximum atomic E-state index is 12.3. The molecule has 0 unspecified atom stereocenters. The maximum Gasteiger partial charge on any atom is 0.267 e. The molecule has 3 fully saturated rings. The van der Waals surface area contributed by atoms with Gasteiger partial charge in [0.05, 0.1) is 0 Å². The van der Waals surface area contributed by atoms with Gasteiger partial charge in [0.25, 0.3) is 11.8 Å². The largest absolute Gasteiger partial charge is 0.339 e. The highest BCUT2D eigenvalue weighted by Gasteiger charge is 2.57. The number of benzene rings is 2. The van der Waals surface area contributed by atoms with E-state index in [9.17, 15) is 9.59 Å². The van der Waals surface area contributed by atoms with Crippen LogP contribution in [0.2, 0.25) is 0 Å². The Hall–Kier alpha value is -2.74. The Labute approximate surface area is 195 Å². The van der Waals surface area contributed by atoms with Gasteiger partial charge in [-0.15, -0.1) is 0 Å². The first-order valence-corrected chi connectivity index (χ1v) is 11.7. The van der Waals surface area contributed by atoms with Crippen LogP contribution in [0.15, 0.2) is 48.5 Å². The van der Waals surface area contributed by atoms with Gasteiger partial charge < -0.3 is 16.4 Å². The van der Waals surface area contributed by atoms with Crippen molar-refractivity contribution in [3.8, 4) is 11.1 Å². The average Bonchev–Trinajstić information content (AvgIpc) is 3.39. The number of nitrogens with two attached hydrogens (primary N) is 1. The SMILES string of the molecule is CC1(C)[C@H]2C[C@@H](CNCc3ccc(-c4ccc(C(=O)N[C@@H](CN)C(=O)NO)cc4)cc3)[C@@H]1C2. The zero-order valence-electron chi connectivity index (χ0n) is 19.3. The lowest BCUT2D eigenvalue weighted by atomic mass is 9.60. The highest BCUT2D eigenvalue weighted by Crippen LogP contribution is 2.64. The van der Waals surface area contributed by atoms with E-state index in [-0.39, 0.29) is 6.54 Å².